The number of rotatable bonds is 6. The first-order chi connectivity index (χ1) is 9.44. The SMILES string of the molecule is O=C(NCCNC1CCN(CC(F)(F)F)CC1)C1CC1. The van der Waals surface area contributed by atoms with Gasteiger partial charge < -0.3 is 10.6 Å². The summed E-state index contributed by atoms with van der Waals surface area (Å²) in [7, 11) is 0. The van der Waals surface area contributed by atoms with Crippen molar-refractivity contribution < 1.29 is 18.0 Å². The first-order valence-corrected chi connectivity index (χ1v) is 7.24. The molecule has 2 aliphatic rings. The monoisotopic (exact) mass is 293 g/mol. The van der Waals surface area contributed by atoms with Crippen LogP contribution in [0.25, 0.3) is 0 Å². The summed E-state index contributed by atoms with van der Waals surface area (Å²) in [6.45, 7) is 1.43. The summed E-state index contributed by atoms with van der Waals surface area (Å²) >= 11 is 0. The molecule has 1 aliphatic heterocycles. The van der Waals surface area contributed by atoms with Crippen molar-refractivity contribution in [2.24, 2.45) is 5.92 Å². The van der Waals surface area contributed by atoms with E-state index < -0.39 is 12.7 Å². The molecular weight excluding hydrogens is 271 g/mol. The number of nitrogens with one attached hydrogen (secondary N) is 2. The molecule has 4 nitrogen and oxygen atoms in total. The van der Waals surface area contributed by atoms with Gasteiger partial charge in [0.15, 0.2) is 0 Å². The van der Waals surface area contributed by atoms with E-state index in [1.165, 1.54) is 4.90 Å². The molecule has 2 fully saturated rings. The van der Waals surface area contributed by atoms with Gasteiger partial charge in [0, 0.05) is 25.0 Å². The Balaban J connectivity index is 1.52. The Morgan fingerprint density at radius 1 is 1.10 bits per heavy atom. The van der Waals surface area contributed by atoms with E-state index in [-0.39, 0.29) is 17.9 Å². The minimum atomic E-state index is -4.10. The number of piperidine rings is 1. The molecule has 2 rings (SSSR count). The van der Waals surface area contributed by atoms with Gasteiger partial charge >= 0.3 is 6.18 Å². The standard InChI is InChI=1S/C13H22F3N3O/c14-13(15,16)9-19-7-3-11(4-8-19)17-5-6-18-12(20)10-1-2-10/h10-11,17H,1-9H2,(H,18,20). The third-order valence-corrected chi connectivity index (χ3v) is 3.80. The topological polar surface area (TPSA) is 44.4 Å². The number of likely N-dealkylation sites (tertiary alicyclic amines) is 1. The molecule has 116 valence electrons. The lowest BCUT2D eigenvalue weighted by Gasteiger charge is -2.32. The normalized spacial score (nSPS) is 21.9. The molecule has 0 aromatic carbocycles. The second-order valence-corrected chi connectivity index (χ2v) is 5.69. The van der Waals surface area contributed by atoms with Crippen LogP contribution < -0.4 is 10.6 Å². The highest BCUT2D eigenvalue weighted by Crippen LogP contribution is 2.28. The molecule has 0 aromatic heterocycles. The average Bonchev–Trinajstić information content (AvgIpc) is 3.18. The summed E-state index contributed by atoms with van der Waals surface area (Å²) < 4.78 is 36.7. The first kappa shape index (κ1) is 15.6. The van der Waals surface area contributed by atoms with Crippen molar-refractivity contribution in [2.75, 3.05) is 32.7 Å². The zero-order chi connectivity index (χ0) is 14.6. The van der Waals surface area contributed by atoms with Crippen LogP contribution in [-0.2, 0) is 4.79 Å². The van der Waals surface area contributed by atoms with Gasteiger partial charge in [-0.15, -0.1) is 0 Å². The van der Waals surface area contributed by atoms with Gasteiger partial charge in [-0.3, -0.25) is 9.69 Å². The van der Waals surface area contributed by atoms with Crippen LogP contribution in [-0.4, -0.2) is 55.7 Å². The van der Waals surface area contributed by atoms with Gasteiger partial charge in [0.25, 0.3) is 0 Å². The summed E-state index contributed by atoms with van der Waals surface area (Å²) in [5.74, 6) is 0.354. The van der Waals surface area contributed by atoms with Gasteiger partial charge in [-0.05, 0) is 38.8 Å². The van der Waals surface area contributed by atoms with Gasteiger partial charge in [0.1, 0.15) is 0 Å². The molecule has 20 heavy (non-hydrogen) atoms. The Morgan fingerprint density at radius 2 is 1.75 bits per heavy atom. The molecule has 2 N–H and O–H groups in total. The molecule has 0 radical (unpaired) electrons. The number of carbonyl (C=O) groups is 1. The van der Waals surface area contributed by atoms with Crippen LogP contribution in [0.4, 0.5) is 13.2 Å². The highest BCUT2D eigenvalue weighted by atomic mass is 19.4. The molecule has 1 aliphatic carbocycles. The number of hydrogen-bond acceptors (Lipinski definition) is 3. The van der Waals surface area contributed by atoms with E-state index in [2.05, 4.69) is 10.6 Å². The van der Waals surface area contributed by atoms with Crippen molar-refractivity contribution in [1.82, 2.24) is 15.5 Å². The maximum atomic E-state index is 12.2. The second kappa shape index (κ2) is 6.76. The number of carbonyl (C=O) groups excluding carboxylic acids is 1. The van der Waals surface area contributed by atoms with E-state index in [1.54, 1.807) is 0 Å². The number of halogens is 3. The quantitative estimate of drug-likeness (QED) is 0.722. The Bertz CT molecular complexity index is 323. The molecule has 1 saturated heterocycles. The Kier molecular flexibility index (Phi) is 5.26. The fourth-order valence-electron chi connectivity index (χ4n) is 2.50. The molecular formula is C13H22F3N3O. The maximum Gasteiger partial charge on any atom is 0.401 e. The molecule has 7 heteroatoms. The number of amides is 1. The van der Waals surface area contributed by atoms with Crippen molar-refractivity contribution in [2.45, 2.75) is 37.9 Å². The third kappa shape index (κ3) is 5.66. The van der Waals surface area contributed by atoms with Gasteiger partial charge in [-0.25, -0.2) is 0 Å². The van der Waals surface area contributed by atoms with Crippen molar-refractivity contribution in [1.29, 1.82) is 0 Å². The van der Waals surface area contributed by atoms with Crippen LogP contribution in [0.15, 0.2) is 0 Å². The number of nitrogens with zero attached hydrogens (tertiary/aromatic N) is 1. The second-order valence-electron chi connectivity index (χ2n) is 5.69. The van der Waals surface area contributed by atoms with Gasteiger partial charge in [0.2, 0.25) is 5.91 Å². The van der Waals surface area contributed by atoms with Crippen LogP contribution in [0.2, 0.25) is 0 Å². The molecule has 1 amide bonds. The highest BCUT2D eigenvalue weighted by Gasteiger charge is 2.32. The molecule has 1 saturated carbocycles. The Morgan fingerprint density at radius 3 is 2.30 bits per heavy atom. The summed E-state index contributed by atoms with van der Waals surface area (Å²) in [4.78, 5) is 12.8. The molecule has 1 heterocycles. The van der Waals surface area contributed by atoms with E-state index in [1.807, 2.05) is 0 Å². The van der Waals surface area contributed by atoms with Gasteiger partial charge in [-0.1, -0.05) is 0 Å². The summed E-state index contributed by atoms with van der Waals surface area (Å²) in [6, 6.07) is 0.261. The lowest BCUT2D eigenvalue weighted by atomic mass is 10.1. The molecule has 0 unspecified atom stereocenters. The fraction of sp³-hybridized carbons (Fsp3) is 0.923. The van der Waals surface area contributed by atoms with Crippen LogP contribution in [0.5, 0.6) is 0 Å². The van der Waals surface area contributed by atoms with Crippen LogP contribution >= 0.6 is 0 Å². The maximum absolute atomic E-state index is 12.2. The molecule has 0 atom stereocenters. The van der Waals surface area contributed by atoms with Crippen molar-refractivity contribution in [3.05, 3.63) is 0 Å². The van der Waals surface area contributed by atoms with Gasteiger partial charge in [0.05, 0.1) is 6.54 Å². The Hall–Kier alpha value is -0.820. The molecule has 0 spiro atoms. The lowest BCUT2D eigenvalue weighted by molar-refractivity contribution is -0.148. The zero-order valence-corrected chi connectivity index (χ0v) is 11.5. The van der Waals surface area contributed by atoms with E-state index >= 15 is 0 Å². The predicted molar refractivity (Wildman–Crippen MR) is 69.3 cm³/mol. The summed E-state index contributed by atoms with van der Waals surface area (Å²) in [5, 5.41) is 6.16. The minimum absolute atomic E-state index is 0.131. The largest absolute Gasteiger partial charge is 0.401 e. The van der Waals surface area contributed by atoms with Crippen LogP contribution in [0.3, 0.4) is 0 Å². The van der Waals surface area contributed by atoms with Crippen molar-refractivity contribution in [3.8, 4) is 0 Å². The van der Waals surface area contributed by atoms with E-state index in [0.717, 1.165) is 25.7 Å². The van der Waals surface area contributed by atoms with Gasteiger partial charge in [-0.2, -0.15) is 13.2 Å². The van der Waals surface area contributed by atoms with Crippen LogP contribution in [0.1, 0.15) is 25.7 Å². The summed E-state index contributed by atoms with van der Waals surface area (Å²) in [6.07, 6.45) is -0.652. The Labute approximate surface area is 117 Å². The number of alkyl halides is 3. The van der Waals surface area contributed by atoms with Crippen LogP contribution in [0, 0.1) is 5.92 Å². The summed E-state index contributed by atoms with van der Waals surface area (Å²) in [5.41, 5.74) is 0. The minimum Gasteiger partial charge on any atom is -0.355 e. The van der Waals surface area contributed by atoms with E-state index in [9.17, 15) is 18.0 Å². The van der Waals surface area contributed by atoms with Crippen molar-refractivity contribution >= 4 is 5.91 Å². The lowest BCUT2D eigenvalue weighted by Crippen LogP contribution is -2.47. The predicted octanol–water partition coefficient (Wildman–Crippen LogP) is 1.13. The smallest absolute Gasteiger partial charge is 0.355 e. The molecule has 0 bridgehead atoms. The third-order valence-electron chi connectivity index (χ3n) is 3.80. The number of hydrogen-bond donors (Lipinski definition) is 2. The first-order valence-electron chi connectivity index (χ1n) is 7.24. The zero-order valence-electron chi connectivity index (χ0n) is 11.5. The highest BCUT2D eigenvalue weighted by molar-refractivity contribution is 5.80. The van der Waals surface area contributed by atoms with Crippen molar-refractivity contribution in [3.63, 3.8) is 0 Å². The van der Waals surface area contributed by atoms with E-state index in [4.69, 9.17) is 0 Å². The van der Waals surface area contributed by atoms with E-state index in [0.29, 0.717) is 26.2 Å². The fourth-order valence-corrected chi connectivity index (χ4v) is 2.50. The average molecular weight is 293 g/mol. The molecule has 0 aromatic rings.